The number of nitrogens with one attached hydrogen (secondary N) is 1. The molecule has 0 radical (unpaired) electrons. The molecule has 2 amide bonds. The molecular formula is C9H16N2O4. The minimum Gasteiger partial charge on any atom is -0.479 e. The number of hydrogen-bond donors (Lipinski definition) is 2. The van der Waals surface area contributed by atoms with Crippen LogP contribution in [0.3, 0.4) is 0 Å². The normalized spacial score (nSPS) is 21.1. The second-order valence-corrected chi connectivity index (χ2v) is 3.38. The van der Waals surface area contributed by atoms with Crippen LogP contribution in [0.2, 0.25) is 0 Å². The van der Waals surface area contributed by atoms with Gasteiger partial charge in [-0.15, -0.1) is 0 Å². The standard InChI is InChI=1S/C9H16N2O4/c1-2-3-10-9(14)11-4-5-15-7(6-11)8(12)13/h7H,2-6H2,1H3,(H,10,14)(H,12,13). The Morgan fingerprint density at radius 3 is 2.93 bits per heavy atom. The van der Waals surface area contributed by atoms with Crippen molar-refractivity contribution in [2.45, 2.75) is 19.4 Å². The highest BCUT2D eigenvalue weighted by Crippen LogP contribution is 2.05. The summed E-state index contributed by atoms with van der Waals surface area (Å²) in [6.07, 6.45) is -0.0375. The van der Waals surface area contributed by atoms with Crippen molar-refractivity contribution in [2.24, 2.45) is 0 Å². The lowest BCUT2D eigenvalue weighted by molar-refractivity contribution is -0.154. The SMILES string of the molecule is CCCNC(=O)N1CCOC(C(=O)O)C1. The van der Waals surface area contributed by atoms with Gasteiger partial charge in [0.25, 0.3) is 0 Å². The maximum Gasteiger partial charge on any atom is 0.334 e. The van der Waals surface area contributed by atoms with Crippen molar-refractivity contribution < 1.29 is 19.4 Å². The lowest BCUT2D eigenvalue weighted by atomic mass is 10.3. The second kappa shape index (κ2) is 5.55. The monoisotopic (exact) mass is 216 g/mol. The molecule has 1 heterocycles. The molecule has 1 saturated heterocycles. The number of nitrogens with zero attached hydrogens (tertiary/aromatic N) is 1. The summed E-state index contributed by atoms with van der Waals surface area (Å²) in [5.74, 6) is -1.03. The van der Waals surface area contributed by atoms with Gasteiger partial charge >= 0.3 is 12.0 Å². The van der Waals surface area contributed by atoms with E-state index in [9.17, 15) is 9.59 Å². The fourth-order valence-corrected chi connectivity index (χ4v) is 1.33. The molecule has 0 aromatic heterocycles. The largest absolute Gasteiger partial charge is 0.479 e. The van der Waals surface area contributed by atoms with E-state index < -0.39 is 12.1 Å². The highest BCUT2D eigenvalue weighted by Gasteiger charge is 2.28. The first-order chi connectivity index (χ1) is 7.15. The zero-order chi connectivity index (χ0) is 11.3. The van der Waals surface area contributed by atoms with E-state index in [2.05, 4.69) is 5.32 Å². The summed E-state index contributed by atoms with van der Waals surface area (Å²) in [4.78, 5) is 23.6. The maximum absolute atomic E-state index is 11.5. The Hall–Kier alpha value is -1.30. The number of carboxylic acid groups (broad SMARTS) is 1. The molecule has 0 saturated carbocycles. The molecule has 1 rings (SSSR count). The Balaban J connectivity index is 2.41. The van der Waals surface area contributed by atoms with Gasteiger partial charge in [-0.25, -0.2) is 9.59 Å². The fourth-order valence-electron chi connectivity index (χ4n) is 1.33. The van der Waals surface area contributed by atoms with Crippen LogP contribution in [0.1, 0.15) is 13.3 Å². The fraction of sp³-hybridized carbons (Fsp3) is 0.778. The van der Waals surface area contributed by atoms with Crippen LogP contribution in [0.25, 0.3) is 0 Å². The quantitative estimate of drug-likeness (QED) is 0.690. The van der Waals surface area contributed by atoms with Gasteiger partial charge in [-0.05, 0) is 6.42 Å². The third kappa shape index (κ3) is 3.39. The van der Waals surface area contributed by atoms with Crippen LogP contribution in [0, 0.1) is 0 Å². The average molecular weight is 216 g/mol. The first-order valence-electron chi connectivity index (χ1n) is 5.02. The van der Waals surface area contributed by atoms with E-state index in [1.807, 2.05) is 6.92 Å². The summed E-state index contributed by atoms with van der Waals surface area (Å²) in [5, 5.41) is 11.4. The van der Waals surface area contributed by atoms with Crippen molar-refractivity contribution in [3.8, 4) is 0 Å². The molecule has 0 aliphatic carbocycles. The number of carbonyl (C=O) groups excluding carboxylic acids is 1. The molecular weight excluding hydrogens is 200 g/mol. The van der Waals surface area contributed by atoms with Gasteiger partial charge < -0.3 is 20.1 Å². The molecule has 6 heteroatoms. The molecule has 0 aromatic rings. The average Bonchev–Trinajstić information content (AvgIpc) is 2.26. The van der Waals surface area contributed by atoms with E-state index in [0.717, 1.165) is 6.42 Å². The number of hydrogen-bond acceptors (Lipinski definition) is 3. The van der Waals surface area contributed by atoms with Crippen molar-refractivity contribution in [3.63, 3.8) is 0 Å². The Morgan fingerprint density at radius 2 is 2.33 bits per heavy atom. The van der Waals surface area contributed by atoms with Gasteiger partial charge in [0.1, 0.15) is 0 Å². The van der Waals surface area contributed by atoms with E-state index in [1.165, 1.54) is 4.90 Å². The van der Waals surface area contributed by atoms with Gasteiger partial charge in [-0.1, -0.05) is 6.92 Å². The van der Waals surface area contributed by atoms with Crippen LogP contribution < -0.4 is 5.32 Å². The number of carboxylic acids is 1. The van der Waals surface area contributed by atoms with Gasteiger partial charge in [0, 0.05) is 13.1 Å². The summed E-state index contributed by atoms with van der Waals surface area (Å²) in [6.45, 7) is 3.40. The van der Waals surface area contributed by atoms with Gasteiger partial charge in [0.15, 0.2) is 6.10 Å². The number of rotatable bonds is 3. The second-order valence-electron chi connectivity index (χ2n) is 3.38. The number of carbonyl (C=O) groups is 2. The summed E-state index contributed by atoms with van der Waals surface area (Å²) in [7, 11) is 0. The van der Waals surface area contributed by atoms with E-state index in [-0.39, 0.29) is 19.2 Å². The molecule has 1 atom stereocenters. The predicted octanol–water partition coefficient (Wildman–Crippen LogP) is -0.109. The summed E-state index contributed by atoms with van der Waals surface area (Å²) < 4.78 is 5.00. The molecule has 0 spiro atoms. The summed E-state index contributed by atoms with van der Waals surface area (Å²) >= 11 is 0. The van der Waals surface area contributed by atoms with Crippen LogP contribution in [-0.4, -0.2) is 54.4 Å². The lowest BCUT2D eigenvalue weighted by Gasteiger charge is -2.30. The van der Waals surface area contributed by atoms with Crippen molar-refractivity contribution in [2.75, 3.05) is 26.2 Å². The molecule has 1 aliphatic rings. The molecule has 6 nitrogen and oxygen atoms in total. The van der Waals surface area contributed by atoms with Crippen LogP contribution in [0.5, 0.6) is 0 Å². The molecule has 2 N–H and O–H groups in total. The van der Waals surface area contributed by atoms with Crippen LogP contribution in [0.4, 0.5) is 4.79 Å². The number of urea groups is 1. The van der Waals surface area contributed by atoms with Crippen LogP contribution >= 0.6 is 0 Å². The Labute approximate surface area is 88.2 Å². The maximum atomic E-state index is 11.5. The van der Waals surface area contributed by atoms with E-state index in [0.29, 0.717) is 13.1 Å². The molecule has 1 aliphatic heterocycles. The van der Waals surface area contributed by atoms with E-state index in [1.54, 1.807) is 0 Å². The minimum absolute atomic E-state index is 0.116. The van der Waals surface area contributed by atoms with Gasteiger partial charge in [0.05, 0.1) is 13.2 Å². The summed E-state index contributed by atoms with van der Waals surface area (Å²) in [5.41, 5.74) is 0. The number of aliphatic carboxylic acids is 1. The first kappa shape index (κ1) is 11.8. The van der Waals surface area contributed by atoms with Crippen molar-refractivity contribution >= 4 is 12.0 Å². The number of morpholine rings is 1. The third-order valence-electron chi connectivity index (χ3n) is 2.16. The molecule has 0 bridgehead atoms. The smallest absolute Gasteiger partial charge is 0.334 e. The first-order valence-corrected chi connectivity index (χ1v) is 5.02. The Bertz CT molecular complexity index is 244. The molecule has 0 aromatic carbocycles. The Kier molecular flexibility index (Phi) is 4.36. The third-order valence-corrected chi connectivity index (χ3v) is 2.16. The zero-order valence-corrected chi connectivity index (χ0v) is 8.73. The zero-order valence-electron chi connectivity index (χ0n) is 8.73. The topological polar surface area (TPSA) is 78.9 Å². The van der Waals surface area contributed by atoms with E-state index in [4.69, 9.17) is 9.84 Å². The van der Waals surface area contributed by atoms with Crippen LogP contribution in [-0.2, 0) is 9.53 Å². The van der Waals surface area contributed by atoms with Crippen molar-refractivity contribution in [1.82, 2.24) is 10.2 Å². The Morgan fingerprint density at radius 1 is 1.60 bits per heavy atom. The predicted molar refractivity (Wildman–Crippen MR) is 52.6 cm³/mol. The molecule has 15 heavy (non-hydrogen) atoms. The minimum atomic E-state index is -1.03. The van der Waals surface area contributed by atoms with Crippen molar-refractivity contribution in [1.29, 1.82) is 0 Å². The summed E-state index contributed by atoms with van der Waals surface area (Å²) in [6, 6.07) is -0.216. The van der Waals surface area contributed by atoms with Gasteiger partial charge in [-0.3, -0.25) is 0 Å². The van der Waals surface area contributed by atoms with Gasteiger partial charge in [-0.2, -0.15) is 0 Å². The van der Waals surface area contributed by atoms with Gasteiger partial charge in [0.2, 0.25) is 0 Å². The van der Waals surface area contributed by atoms with Crippen molar-refractivity contribution in [3.05, 3.63) is 0 Å². The molecule has 86 valence electrons. The van der Waals surface area contributed by atoms with Crippen LogP contribution in [0.15, 0.2) is 0 Å². The lowest BCUT2D eigenvalue weighted by Crippen LogP contribution is -2.51. The number of amides is 2. The highest BCUT2D eigenvalue weighted by atomic mass is 16.5. The number of ether oxygens (including phenoxy) is 1. The van der Waals surface area contributed by atoms with E-state index >= 15 is 0 Å². The molecule has 1 fully saturated rings. The molecule has 1 unspecified atom stereocenters. The highest BCUT2D eigenvalue weighted by molar-refractivity contribution is 5.77.